The van der Waals surface area contributed by atoms with Gasteiger partial charge in [0.25, 0.3) is 0 Å². The topological polar surface area (TPSA) is 48.3 Å². The summed E-state index contributed by atoms with van der Waals surface area (Å²) in [5, 5.41) is 1.02. The maximum Gasteiger partial charge on any atom is 0.305 e. The zero-order chi connectivity index (χ0) is 15.9. The Bertz CT molecular complexity index is 657. The van der Waals surface area contributed by atoms with Crippen LogP contribution in [0.25, 0.3) is 10.9 Å². The van der Waals surface area contributed by atoms with E-state index in [1.54, 1.807) is 6.92 Å². The van der Waals surface area contributed by atoms with Crippen molar-refractivity contribution in [3.05, 3.63) is 36.0 Å². The standard InChI is InChI=1S/C18H23NO3/c1-3-22-18(21)11-5-4-8-12-19-13-16(14(2)20)15-9-6-7-10-17(15)19/h6-7,9-10,13H,3-5,8,11-12H2,1-2H3. The molecule has 118 valence electrons. The average molecular weight is 301 g/mol. The van der Waals surface area contributed by atoms with Gasteiger partial charge in [-0.1, -0.05) is 24.6 Å². The average Bonchev–Trinajstić information content (AvgIpc) is 2.86. The molecule has 0 saturated heterocycles. The van der Waals surface area contributed by atoms with Crippen molar-refractivity contribution >= 4 is 22.7 Å². The number of rotatable bonds is 8. The lowest BCUT2D eigenvalue weighted by Gasteiger charge is -2.05. The van der Waals surface area contributed by atoms with Gasteiger partial charge in [0.2, 0.25) is 0 Å². The Hall–Kier alpha value is -2.10. The van der Waals surface area contributed by atoms with Crippen LogP contribution >= 0.6 is 0 Å². The van der Waals surface area contributed by atoms with Gasteiger partial charge in [-0.15, -0.1) is 0 Å². The number of aryl methyl sites for hydroxylation is 1. The van der Waals surface area contributed by atoms with Crippen molar-refractivity contribution in [2.45, 2.75) is 46.1 Å². The van der Waals surface area contributed by atoms with E-state index in [0.29, 0.717) is 13.0 Å². The first-order valence-corrected chi connectivity index (χ1v) is 7.88. The number of hydrogen-bond donors (Lipinski definition) is 0. The minimum absolute atomic E-state index is 0.0947. The predicted octanol–water partition coefficient (Wildman–Crippen LogP) is 3.97. The van der Waals surface area contributed by atoms with Gasteiger partial charge in [-0.3, -0.25) is 9.59 Å². The molecule has 0 atom stereocenters. The van der Waals surface area contributed by atoms with Gasteiger partial charge >= 0.3 is 5.97 Å². The fourth-order valence-electron chi connectivity index (χ4n) is 2.67. The minimum Gasteiger partial charge on any atom is -0.466 e. The van der Waals surface area contributed by atoms with E-state index in [9.17, 15) is 9.59 Å². The van der Waals surface area contributed by atoms with Crippen molar-refractivity contribution in [2.75, 3.05) is 6.61 Å². The second kappa shape index (κ2) is 7.78. The largest absolute Gasteiger partial charge is 0.466 e. The number of ether oxygens (including phenoxy) is 1. The van der Waals surface area contributed by atoms with Crippen LogP contribution in [0.5, 0.6) is 0 Å². The summed E-state index contributed by atoms with van der Waals surface area (Å²) in [6, 6.07) is 7.98. The maximum absolute atomic E-state index is 11.7. The number of carbonyl (C=O) groups excluding carboxylic acids is 2. The molecule has 0 unspecified atom stereocenters. The summed E-state index contributed by atoms with van der Waals surface area (Å²) in [6.07, 6.45) is 5.23. The van der Waals surface area contributed by atoms with Crippen LogP contribution in [0, 0.1) is 0 Å². The molecule has 1 heterocycles. The molecular formula is C18H23NO3. The molecule has 0 aliphatic heterocycles. The number of esters is 1. The molecule has 4 heteroatoms. The first kappa shape index (κ1) is 16.3. The first-order valence-electron chi connectivity index (χ1n) is 7.88. The van der Waals surface area contributed by atoms with Crippen molar-refractivity contribution in [1.29, 1.82) is 0 Å². The third-order valence-electron chi connectivity index (χ3n) is 3.75. The van der Waals surface area contributed by atoms with Gasteiger partial charge in [-0.25, -0.2) is 0 Å². The lowest BCUT2D eigenvalue weighted by molar-refractivity contribution is -0.143. The summed E-state index contributed by atoms with van der Waals surface area (Å²) in [4.78, 5) is 23.0. The minimum atomic E-state index is -0.118. The first-order chi connectivity index (χ1) is 10.6. The second-order valence-corrected chi connectivity index (χ2v) is 5.43. The third kappa shape index (κ3) is 3.97. The van der Waals surface area contributed by atoms with Gasteiger partial charge in [0.05, 0.1) is 6.61 Å². The SMILES string of the molecule is CCOC(=O)CCCCCn1cc(C(C)=O)c2ccccc21. The Morgan fingerprint density at radius 1 is 1.14 bits per heavy atom. The number of carbonyl (C=O) groups is 2. The third-order valence-corrected chi connectivity index (χ3v) is 3.75. The van der Waals surface area contributed by atoms with Gasteiger partial charge < -0.3 is 9.30 Å². The molecule has 0 radical (unpaired) electrons. The Kier molecular flexibility index (Phi) is 5.75. The van der Waals surface area contributed by atoms with Crippen LogP contribution in [0.3, 0.4) is 0 Å². The number of para-hydroxylation sites is 1. The van der Waals surface area contributed by atoms with E-state index in [1.807, 2.05) is 37.4 Å². The van der Waals surface area contributed by atoms with E-state index in [4.69, 9.17) is 4.74 Å². The van der Waals surface area contributed by atoms with Crippen LogP contribution < -0.4 is 0 Å². The number of Topliss-reactive ketones (excluding diaryl/α,β-unsaturated/α-hetero) is 1. The summed E-state index contributed by atoms with van der Waals surface area (Å²) >= 11 is 0. The van der Waals surface area contributed by atoms with E-state index in [2.05, 4.69) is 4.57 Å². The highest BCUT2D eigenvalue weighted by Gasteiger charge is 2.11. The van der Waals surface area contributed by atoms with Crippen LogP contribution in [-0.4, -0.2) is 22.9 Å². The number of unbranched alkanes of at least 4 members (excludes halogenated alkanes) is 2. The summed E-state index contributed by atoms with van der Waals surface area (Å²) < 4.78 is 7.05. The van der Waals surface area contributed by atoms with Gasteiger partial charge in [-0.05, 0) is 32.8 Å². The molecule has 0 bridgehead atoms. The van der Waals surface area contributed by atoms with Gasteiger partial charge in [0.15, 0.2) is 5.78 Å². The molecule has 22 heavy (non-hydrogen) atoms. The van der Waals surface area contributed by atoms with Gasteiger partial charge in [-0.2, -0.15) is 0 Å². The Labute approximate surface area is 131 Å². The number of benzene rings is 1. The van der Waals surface area contributed by atoms with E-state index in [-0.39, 0.29) is 11.8 Å². The van der Waals surface area contributed by atoms with Crippen molar-refractivity contribution in [3.63, 3.8) is 0 Å². The summed E-state index contributed by atoms with van der Waals surface area (Å²) in [7, 11) is 0. The molecule has 0 amide bonds. The normalized spacial score (nSPS) is 10.8. The maximum atomic E-state index is 11.7. The second-order valence-electron chi connectivity index (χ2n) is 5.43. The molecule has 1 aromatic carbocycles. The van der Waals surface area contributed by atoms with Crippen LogP contribution in [-0.2, 0) is 16.1 Å². The molecule has 0 aliphatic carbocycles. The Morgan fingerprint density at radius 2 is 1.91 bits per heavy atom. The molecule has 4 nitrogen and oxygen atoms in total. The molecule has 0 aliphatic rings. The number of hydrogen-bond acceptors (Lipinski definition) is 3. The summed E-state index contributed by atoms with van der Waals surface area (Å²) in [5.74, 6) is -0.0231. The zero-order valence-electron chi connectivity index (χ0n) is 13.3. The van der Waals surface area contributed by atoms with E-state index in [0.717, 1.165) is 42.3 Å². The van der Waals surface area contributed by atoms with Crippen LogP contribution in [0.1, 0.15) is 49.9 Å². The monoisotopic (exact) mass is 301 g/mol. The van der Waals surface area contributed by atoms with Crippen molar-refractivity contribution < 1.29 is 14.3 Å². The van der Waals surface area contributed by atoms with Gasteiger partial charge in [0, 0.05) is 35.6 Å². The molecule has 0 fully saturated rings. The highest BCUT2D eigenvalue weighted by atomic mass is 16.5. The number of nitrogens with zero attached hydrogens (tertiary/aromatic N) is 1. The molecular weight excluding hydrogens is 278 g/mol. The molecule has 0 spiro atoms. The molecule has 2 rings (SSSR count). The number of aromatic nitrogens is 1. The fraction of sp³-hybridized carbons (Fsp3) is 0.444. The number of fused-ring (bicyclic) bond motifs is 1. The van der Waals surface area contributed by atoms with Crippen LogP contribution in [0.15, 0.2) is 30.5 Å². The van der Waals surface area contributed by atoms with E-state index < -0.39 is 0 Å². The fourth-order valence-corrected chi connectivity index (χ4v) is 2.67. The van der Waals surface area contributed by atoms with E-state index in [1.165, 1.54) is 0 Å². The molecule has 0 N–H and O–H groups in total. The smallest absolute Gasteiger partial charge is 0.305 e. The molecule has 1 aromatic heterocycles. The Morgan fingerprint density at radius 3 is 2.64 bits per heavy atom. The quantitative estimate of drug-likeness (QED) is 0.421. The van der Waals surface area contributed by atoms with Gasteiger partial charge in [0.1, 0.15) is 0 Å². The summed E-state index contributed by atoms with van der Waals surface area (Å²) in [6.45, 7) is 4.73. The Balaban J connectivity index is 1.92. The van der Waals surface area contributed by atoms with Crippen LogP contribution in [0.2, 0.25) is 0 Å². The van der Waals surface area contributed by atoms with Crippen molar-refractivity contribution in [3.8, 4) is 0 Å². The lowest BCUT2D eigenvalue weighted by atomic mass is 10.1. The highest BCUT2D eigenvalue weighted by molar-refractivity contribution is 6.06. The van der Waals surface area contributed by atoms with Crippen molar-refractivity contribution in [1.82, 2.24) is 4.57 Å². The number of ketones is 1. The molecule has 0 saturated carbocycles. The predicted molar refractivity (Wildman–Crippen MR) is 87.0 cm³/mol. The molecule has 2 aromatic rings. The van der Waals surface area contributed by atoms with E-state index >= 15 is 0 Å². The zero-order valence-corrected chi connectivity index (χ0v) is 13.3. The van der Waals surface area contributed by atoms with Crippen LogP contribution in [0.4, 0.5) is 0 Å². The summed E-state index contributed by atoms with van der Waals surface area (Å²) in [5.41, 5.74) is 1.88. The lowest BCUT2D eigenvalue weighted by Crippen LogP contribution is -2.03. The highest BCUT2D eigenvalue weighted by Crippen LogP contribution is 2.22. The van der Waals surface area contributed by atoms with Crippen molar-refractivity contribution in [2.24, 2.45) is 0 Å².